The first-order valence-electron chi connectivity index (χ1n) is 9.06. The molecule has 0 aliphatic rings. The number of hydrogen-bond acceptors (Lipinski definition) is 5. The second-order valence-electron chi connectivity index (χ2n) is 6.51. The summed E-state index contributed by atoms with van der Waals surface area (Å²) in [5.74, 6) is -0.428. The zero-order valence-corrected chi connectivity index (χ0v) is 18.2. The molecule has 29 heavy (non-hydrogen) atoms. The highest BCUT2D eigenvalue weighted by Gasteiger charge is 2.16. The average Bonchev–Trinajstić information content (AvgIpc) is 3.25. The maximum Gasteiger partial charge on any atom is 0.183 e. The van der Waals surface area contributed by atoms with Gasteiger partial charge in [0.05, 0.1) is 35.3 Å². The molecule has 0 aliphatic carbocycles. The van der Waals surface area contributed by atoms with Gasteiger partial charge < -0.3 is 9.72 Å². The van der Waals surface area contributed by atoms with E-state index in [4.69, 9.17) is 4.98 Å². The van der Waals surface area contributed by atoms with Crippen molar-refractivity contribution in [3.05, 3.63) is 68.6 Å². The number of aromatic nitrogens is 3. The monoisotopic (exact) mass is 469 g/mol. The lowest BCUT2D eigenvalue weighted by Crippen LogP contribution is -2.05. The Balaban J connectivity index is 1.65. The quantitative estimate of drug-likeness (QED) is 0.406. The highest BCUT2D eigenvalue weighted by atomic mass is 79.9. The fraction of sp³-hybridized carbons (Fsp3) is 0.190. The van der Waals surface area contributed by atoms with E-state index in [1.807, 2.05) is 25.3 Å². The molecule has 0 bridgehead atoms. The molecule has 0 saturated carbocycles. The molecule has 146 valence electrons. The molecule has 1 N–H and O–H groups in total. The number of nitrogens with one attached hydrogen (secondary N) is 1. The lowest BCUT2D eigenvalue weighted by molar-refractivity contribution is 0.627. The fourth-order valence-electron chi connectivity index (χ4n) is 3.28. The Morgan fingerprint density at radius 2 is 2.10 bits per heavy atom. The lowest BCUT2D eigenvalue weighted by atomic mass is 10.0. The van der Waals surface area contributed by atoms with Gasteiger partial charge >= 0.3 is 0 Å². The van der Waals surface area contributed by atoms with Crippen LogP contribution in [-0.4, -0.2) is 14.4 Å². The van der Waals surface area contributed by atoms with E-state index in [0.29, 0.717) is 17.8 Å². The first kappa shape index (κ1) is 19.6. The van der Waals surface area contributed by atoms with Gasteiger partial charge in [-0.25, -0.2) is 14.4 Å². The predicted molar refractivity (Wildman–Crippen MR) is 117 cm³/mol. The Morgan fingerprint density at radius 3 is 2.86 bits per heavy atom. The molecule has 0 fully saturated rings. The number of thiazole rings is 1. The van der Waals surface area contributed by atoms with Gasteiger partial charge in [-0.2, -0.15) is 5.26 Å². The van der Waals surface area contributed by atoms with Crippen LogP contribution in [0.2, 0.25) is 0 Å². The highest BCUT2D eigenvalue weighted by molar-refractivity contribution is 9.10. The zero-order valence-electron chi connectivity index (χ0n) is 15.8. The van der Waals surface area contributed by atoms with Gasteiger partial charge in [0.25, 0.3) is 0 Å². The minimum atomic E-state index is -0.428. The van der Waals surface area contributed by atoms with Crippen LogP contribution in [0.25, 0.3) is 16.9 Å². The molecule has 0 saturated heterocycles. The number of rotatable bonds is 5. The Kier molecular flexibility index (Phi) is 5.35. The van der Waals surface area contributed by atoms with Gasteiger partial charge in [0.15, 0.2) is 5.13 Å². The van der Waals surface area contributed by atoms with E-state index in [1.165, 1.54) is 23.5 Å². The Hall–Kier alpha value is -2.76. The summed E-state index contributed by atoms with van der Waals surface area (Å²) in [6.07, 6.45) is 2.84. The second-order valence-corrected chi connectivity index (χ2v) is 8.63. The van der Waals surface area contributed by atoms with Crippen molar-refractivity contribution in [2.24, 2.45) is 0 Å². The van der Waals surface area contributed by atoms with E-state index in [-0.39, 0.29) is 5.56 Å². The van der Waals surface area contributed by atoms with Crippen LogP contribution in [0.3, 0.4) is 0 Å². The van der Waals surface area contributed by atoms with Crippen LogP contribution < -0.4 is 5.32 Å². The number of hydrogen-bond donors (Lipinski definition) is 1. The largest absolute Gasteiger partial charge is 0.356 e. The van der Waals surface area contributed by atoms with Crippen LogP contribution in [0.5, 0.6) is 0 Å². The van der Waals surface area contributed by atoms with Gasteiger partial charge in [-0.15, -0.1) is 11.3 Å². The van der Waals surface area contributed by atoms with Gasteiger partial charge in [-0.3, -0.25) is 0 Å². The summed E-state index contributed by atoms with van der Waals surface area (Å²) >= 11 is 5.03. The van der Waals surface area contributed by atoms with Crippen molar-refractivity contribution >= 4 is 38.0 Å². The van der Waals surface area contributed by atoms with Crippen molar-refractivity contribution < 1.29 is 4.39 Å². The van der Waals surface area contributed by atoms with Crippen molar-refractivity contribution in [1.29, 1.82) is 5.26 Å². The predicted octanol–water partition coefficient (Wildman–Crippen LogP) is 5.71. The van der Waals surface area contributed by atoms with Crippen LogP contribution in [0.1, 0.15) is 28.8 Å². The molecule has 1 aromatic carbocycles. The first-order chi connectivity index (χ1) is 14.0. The molecule has 4 aromatic rings. The third kappa shape index (κ3) is 3.76. The van der Waals surface area contributed by atoms with Gasteiger partial charge in [0.2, 0.25) is 0 Å². The van der Waals surface area contributed by atoms with Crippen LogP contribution in [0.15, 0.2) is 41.0 Å². The standard InChI is InChI=1S/C21H17BrFN5S/c1-3-17-18(28-11-14(22)4-7-19(28)26-17)10-25-21-27-20(12(2)29-21)16-6-5-15(23)8-13(16)9-24/h4-8,11H,3,10H2,1-2H3,(H,25,27). The first-order valence-corrected chi connectivity index (χ1v) is 10.7. The smallest absolute Gasteiger partial charge is 0.183 e. The number of aryl methyl sites for hydroxylation is 2. The van der Waals surface area contributed by atoms with E-state index >= 15 is 0 Å². The number of benzene rings is 1. The Bertz CT molecular complexity index is 1250. The summed E-state index contributed by atoms with van der Waals surface area (Å²) in [4.78, 5) is 10.3. The maximum atomic E-state index is 13.5. The van der Waals surface area contributed by atoms with Crippen LogP contribution in [0.4, 0.5) is 9.52 Å². The number of pyridine rings is 1. The fourth-order valence-corrected chi connectivity index (χ4v) is 4.44. The molecule has 4 rings (SSSR count). The minimum Gasteiger partial charge on any atom is -0.356 e. The van der Waals surface area contributed by atoms with E-state index < -0.39 is 5.82 Å². The lowest BCUT2D eigenvalue weighted by Gasteiger charge is -2.06. The molecule has 0 atom stereocenters. The Morgan fingerprint density at radius 1 is 1.28 bits per heavy atom. The third-order valence-corrected chi connectivity index (χ3v) is 6.06. The molecule has 0 radical (unpaired) electrons. The molecule has 0 amide bonds. The highest BCUT2D eigenvalue weighted by Crippen LogP contribution is 2.33. The van der Waals surface area contributed by atoms with E-state index in [2.05, 4.69) is 43.6 Å². The number of nitrogens with zero attached hydrogens (tertiary/aromatic N) is 4. The molecule has 8 heteroatoms. The van der Waals surface area contributed by atoms with E-state index in [9.17, 15) is 9.65 Å². The van der Waals surface area contributed by atoms with E-state index in [0.717, 1.165) is 37.9 Å². The number of imidazole rings is 1. The van der Waals surface area contributed by atoms with Crippen molar-refractivity contribution in [2.45, 2.75) is 26.8 Å². The molecular weight excluding hydrogens is 453 g/mol. The van der Waals surface area contributed by atoms with Crippen molar-refractivity contribution in [2.75, 3.05) is 5.32 Å². The third-order valence-electron chi connectivity index (χ3n) is 4.66. The van der Waals surface area contributed by atoms with Gasteiger partial charge in [-0.05, 0) is 59.6 Å². The van der Waals surface area contributed by atoms with Gasteiger partial charge in [0.1, 0.15) is 11.5 Å². The normalized spacial score (nSPS) is 11.0. The number of halogens is 2. The van der Waals surface area contributed by atoms with Gasteiger partial charge in [0, 0.05) is 21.1 Å². The molecule has 3 heterocycles. The van der Waals surface area contributed by atoms with Crippen molar-refractivity contribution in [3.8, 4) is 17.3 Å². The SMILES string of the molecule is CCc1nc2ccc(Br)cn2c1CNc1nc(-c2ccc(F)cc2C#N)c(C)s1. The maximum absolute atomic E-state index is 13.5. The summed E-state index contributed by atoms with van der Waals surface area (Å²) in [5.41, 5.74) is 4.65. The Labute approximate surface area is 180 Å². The van der Waals surface area contributed by atoms with Crippen molar-refractivity contribution in [1.82, 2.24) is 14.4 Å². The van der Waals surface area contributed by atoms with Crippen LogP contribution >= 0.6 is 27.3 Å². The zero-order chi connectivity index (χ0) is 20.5. The number of nitriles is 1. The summed E-state index contributed by atoms with van der Waals surface area (Å²) in [6.45, 7) is 4.61. The molecule has 0 aliphatic heterocycles. The molecule has 0 unspecified atom stereocenters. The van der Waals surface area contributed by atoms with Crippen molar-refractivity contribution in [3.63, 3.8) is 0 Å². The molecular formula is C21H17BrFN5S. The topological polar surface area (TPSA) is 66.0 Å². The number of fused-ring (bicyclic) bond motifs is 1. The van der Waals surface area contributed by atoms with Gasteiger partial charge in [-0.1, -0.05) is 6.92 Å². The van der Waals surface area contributed by atoms with Crippen LogP contribution in [-0.2, 0) is 13.0 Å². The molecule has 0 spiro atoms. The van der Waals surface area contributed by atoms with E-state index in [1.54, 1.807) is 6.07 Å². The second kappa shape index (κ2) is 7.93. The molecule has 3 aromatic heterocycles. The average molecular weight is 470 g/mol. The molecule has 5 nitrogen and oxygen atoms in total. The van der Waals surface area contributed by atoms with Crippen LogP contribution in [0, 0.1) is 24.1 Å². The summed E-state index contributed by atoms with van der Waals surface area (Å²) in [7, 11) is 0. The number of anilines is 1. The summed E-state index contributed by atoms with van der Waals surface area (Å²) in [6, 6.07) is 10.2. The minimum absolute atomic E-state index is 0.282. The summed E-state index contributed by atoms with van der Waals surface area (Å²) < 4.78 is 16.5. The summed E-state index contributed by atoms with van der Waals surface area (Å²) in [5, 5.41) is 13.5.